The van der Waals surface area contributed by atoms with Gasteiger partial charge in [-0.15, -0.1) is 0 Å². The van der Waals surface area contributed by atoms with Gasteiger partial charge in [0.05, 0.1) is 17.8 Å². The first-order valence-corrected chi connectivity index (χ1v) is 6.36. The van der Waals surface area contributed by atoms with Crippen LogP contribution in [0.15, 0.2) is 36.4 Å². The molecule has 0 aliphatic rings. The number of aromatic nitrogens is 1. The lowest BCUT2D eigenvalue weighted by Crippen LogP contribution is -1.89. The molecule has 0 saturated heterocycles. The van der Waals surface area contributed by atoms with Crippen molar-refractivity contribution in [3.05, 3.63) is 47.1 Å². The monoisotopic (exact) mass is 263 g/mol. The maximum absolute atomic E-state index is 6.14. The third kappa shape index (κ3) is 3.47. The lowest BCUT2D eigenvalue weighted by Gasteiger charge is -2.07. The SMILES string of the molecule is CC.COc1ccc(Cl)c(-c2cccc(C)n2)c1. The fourth-order valence-electron chi connectivity index (χ4n) is 1.52. The van der Waals surface area contributed by atoms with Crippen molar-refractivity contribution in [2.45, 2.75) is 20.8 Å². The zero-order valence-corrected chi connectivity index (χ0v) is 12.0. The van der Waals surface area contributed by atoms with E-state index in [1.54, 1.807) is 7.11 Å². The average molecular weight is 264 g/mol. The van der Waals surface area contributed by atoms with Gasteiger partial charge in [0.2, 0.25) is 0 Å². The first kappa shape index (κ1) is 14.5. The van der Waals surface area contributed by atoms with Crippen LogP contribution in [0.25, 0.3) is 11.3 Å². The van der Waals surface area contributed by atoms with E-state index in [0.717, 1.165) is 22.7 Å². The number of nitrogens with zero attached hydrogens (tertiary/aromatic N) is 1. The maximum atomic E-state index is 6.14. The molecule has 1 aromatic carbocycles. The minimum atomic E-state index is 0.680. The van der Waals surface area contributed by atoms with E-state index in [1.807, 2.05) is 57.2 Å². The fourth-order valence-corrected chi connectivity index (χ4v) is 1.74. The highest BCUT2D eigenvalue weighted by molar-refractivity contribution is 6.33. The lowest BCUT2D eigenvalue weighted by molar-refractivity contribution is 0.415. The quantitative estimate of drug-likeness (QED) is 0.780. The van der Waals surface area contributed by atoms with Crippen molar-refractivity contribution in [2.24, 2.45) is 0 Å². The summed E-state index contributed by atoms with van der Waals surface area (Å²) in [5, 5.41) is 0.680. The molecule has 0 radical (unpaired) electrons. The Bertz CT molecular complexity index is 512. The van der Waals surface area contributed by atoms with Gasteiger partial charge in [-0.25, -0.2) is 0 Å². The second-order valence-electron chi connectivity index (χ2n) is 3.51. The van der Waals surface area contributed by atoms with Crippen LogP contribution >= 0.6 is 11.6 Å². The molecule has 0 unspecified atom stereocenters. The van der Waals surface area contributed by atoms with E-state index in [2.05, 4.69) is 4.98 Å². The molecule has 3 heteroatoms. The number of hydrogen-bond acceptors (Lipinski definition) is 2. The van der Waals surface area contributed by atoms with Gasteiger partial charge in [-0.1, -0.05) is 31.5 Å². The molecule has 2 aromatic rings. The molecule has 0 aliphatic carbocycles. The number of hydrogen-bond donors (Lipinski definition) is 0. The lowest BCUT2D eigenvalue weighted by atomic mass is 10.1. The van der Waals surface area contributed by atoms with Crippen LogP contribution in [0, 0.1) is 6.92 Å². The van der Waals surface area contributed by atoms with Crippen LogP contribution in [0.3, 0.4) is 0 Å². The van der Waals surface area contributed by atoms with Crippen LogP contribution in [0.2, 0.25) is 5.02 Å². The zero-order valence-electron chi connectivity index (χ0n) is 11.2. The van der Waals surface area contributed by atoms with Crippen molar-refractivity contribution in [2.75, 3.05) is 7.11 Å². The molecular weight excluding hydrogens is 246 g/mol. The molecular formula is C15H18ClNO. The Labute approximate surface area is 114 Å². The predicted molar refractivity (Wildman–Crippen MR) is 77.3 cm³/mol. The Morgan fingerprint density at radius 1 is 1.11 bits per heavy atom. The topological polar surface area (TPSA) is 22.1 Å². The smallest absolute Gasteiger partial charge is 0.119 e. The van der Waals surface area contributed by atoms with Crippen LogP contribution in [0.1, 0.15) is 19.5 Å². The minimum absolute atomic E-state index is 0.680. The summed E-state index contributed by atoms with van der Waals surface area (Å²) in [6, 6.07) is 11.4. The van der Waals surface area contributed by atoms with Gasteiger partial charge in [-0.3, -0.25) is 4.98 Å². The number of rotatable bonds is 2. The summed E-state index contributed by atoms with van der Waals surface area (Å²) in [7, 11) is 1.64. The summed E-state index contributed by atoms with van der Waals surface area (Å²) in [6.45, 7) is 5.96. The Balaban J connectivity index is 0.000000771. The largest absolute Gasteiger partial charge is 0.497 e. The Hall–Kier alpha value is -1.54. The van der Waals surface area contributed by atoms with E-state index in [-0.39, 0.29) is 0 Å². The highest BCUT2D eigenvalue weighted by atomic mass is 35.5. The summed E-state index contributed by atoms with van der Waals surface area (Å²) in [6.07, 6.45) is 0. The number of methoxy groups -OCH3 is 1. The molecule has 0 atom stereocenters. The van der Waals surface area contributed by atoms with E-state index in [1.165, 1.54) is 0 Å². The van der Waals surface area contributed by atoms with Gasteiger partial charge in [0.25, 0.3) is 0 Å². The van der Waals surface area contributed by atoms with Gasteiger partial charge in [0.1, 0.15) is 5.75 Å². The second-order valence-corrected chi connectivity index (χ2v) is 3.92. The normalized spacial score (nSPS) is 9.39. The first-order valence-electron chi connectivity index (χ1n) is 5.98. The van der Waals surface area contributed by atoms with Crippen molar-refractivity contribution in [1.29, 1.82) is 0 Å². The molecule has 0 amide bonds. The zero-order chi connectivity index (χ0) is 13.5. The van der Waals surface area contributed by atoms with E-state index in [4.69, 9.17) is 16.3 Å². The van der Waals surface area contributed by atoms with Crippen LogP contribution in [0.5, 0.6) is 5.75 Å². The number of benzene rings is 1. The molecule has 0 aliphatic heterocycles. The molecule has 0 spiro atoms. The molecule has 0 bridgehead atoms. The summed E-state index contributed by atoms with van der Waals surface area (Å²) < 4.78 is 5.18. The minimum Gasteiger partial charge on any atom is -0.497 e. The summed E-state index contributed by atoms with van der Waals surface area (Å²) in [5.41, 5.74) is 2.73. The Kier molecular flexibility index (Phi) is 5.66. The van der Waals surface area contributed by atoms with E-state index in [9.17, 15) is 0 Å². The third-order valence-electron chi connectivity index (χ3n) is 2.34. The van der Waals surface area contributed by atoms with Crippen LogP contribution < -0.4 is 4.74 Å². The standard InChI is InChI=1S/C13H12ClNO.C2H6/c1-9-4-3-5-13(15-9)11-8-10(16-2)6-7-12(11)14;1-2/h3-8H,1-2H3;1-2H3. The van der Waals surface area contributed by atoms with Gasteiger partial charge in [0, 0.05) is 11.3 Å². The van der Waals surface area contributed by atoms with Crippen LogP contribution in [-0.2, 0) is 0 Å². The summed E-state index contributed by atoms with van der Waals surface area (Å²) >= 11 is 6.14. The summed E-state index contributed by atoms with van der Waals surface area (Å²) in [5.74, 6) is 0.780. The Morgan fingerprint density at radius 2 is 1.83 bits per heavy atom. The summed E-state index contributed by atoms with van der Waals surface area (Å²) in [4.78, 5) is 4.44. The van der Waals surface area contributed by atoms with E-state index < -0.39 is 0 Å². The predicted octanol–water partition coefficient (Wildman–Crippen LogP) is 4.75. The van der Waals surface area contributed by atoms with Crippen molar-refractivity contribution >= 4 is 11.6 Å². The van der Waals surface area contributed by atoms with Gasteiger partial charge >= 0.3 is 0 Å². The van der Waals surface area contributed by atoms with E-state index in [0.29, 0.717) is 5.02 Å². The molecule has 0 saturated carbocycles. The second kappa shape index (κ2) is 7.02. The van der Waals surface area contributed by atoms with Gasteiger partial charge in [-0.2, -0.15) is 0 Å². The molecule has 0 N–H and O–H groups in total. The molecule has 1 heterocycles. The highest BCUT2D eigenvalue weighted by Gasteiger charge is 2.06. The van der Waals surface area contributed by atoms with Crippen LogP contribution in [0.4, 0.5) is 0 Å². The molecule has 2 rings (SSSR count). The average Bonchev–Trinajstić information content (AvgIpc) is 2.41. The van der Waals surface area contributed by atoms with Gasteiger partial charge < -0.3 is 4.74 Å². The van der Waals surface area contributed by atoms with Crippen molar-refractivity contribution in [1.82, 2.24) is 4.98 Å². The molecule has 2 nitrogen and oxygen atoms in total. The van der Waals surface area contributed by atoms with E-state index >= 15 is 0 Å². The van der Waals surface area contributed by atoms with Gasteiger partial charge in [0.15, 0.2) is 0 Å². The molecule has 1 aromatic heterocycles. The first-order chi connectivity index (χ1) is 8.70. The van der Waals surface area contributed by atoms with Crippen molar-refractivity contribution in [3.8, 4) is 17.0 Å². The molecule has 18 heavy (non-hydrogen) atoms. The molecule has 0 fully saturated rings. The highest BCUT2D eigenvalue weighted by Crippen LogP contribution is 2.30. The number of ether oxygens (including phenoxy) is 1. The van der Waals surface area contributed by atoms with Crippen molar-refractivity contribution in [3.63, 3.8) is 0 Å². The van der Waals surface area contributed by atoms with Gasteiger partial charge in [-0.05, 0) is 37.3 Å². The van der Waals surface area contributed by atoms with Crippen LogP contribution in [-0.4, -0.2) is 12.1 Å². The number of aryl methyl sites for hydroxylation is 1. The maximum Gasteiger partial charge on any atom is 0.119 e. The fraction of sp³-hybridized carbons (Fsp3) is 0.267. The Morgan fingerprint density at radius 3 is 2.44 bits per heavy atom. The molecule has 96 valence electrons. The number of halogens is 1. The van der Waals surface area contributed by atoms with Crippen molar-refractivity contribution < 1.29 is 4.74 Å². The number of pyridine rings is 1. The third-order valence-corrected chi connectivity index (χ3v) is 2.67.